The van der Waals surface area contributed by atoms with E-state index in [0.717, 1.165) is 55.4 Å². The summed E-state index contributed by atoms with van der Waals surface area (Å²) in [6, 6.07) is 6.00. The number of hydrogen-bond donors (Lipinski definition) is 1. The Labute approximate surface area is 143 Å². The quantitative estimate of drug-likeness (QED) is 0.898. The topological polar surface area (TPSA) is 41.6 Å². The van der Waals surface area contributed by atoms with Crippen LogP contribution in [0.15, 0.2) is 18.2 Å². The van der Waals surface area contributed by atoms with E-state index in [1.165, 1.54) is 18.4 Å². The van der Waals surface area contributed by atoms with Gasteiger partial charge < -0.3 is 15.0 Å². The van der Waals surface area contributed by atoms with Crippen LogP contribution in [0.2, 0.25) is 0 Å². The molecule has 1 aromatic rings. The molecule has 126 valence electrons. The molecule has 4 nitrogen and oxygen atoms in total. The summed E-state index contributed by atoms with van der Waals surface area (Å²) in [5.74, 6) is 2.25. The molecule has 23 heavy (non-hydrogen) atoms. The number of aryl methyl sites for hydroxylation is 1. The molecule has 1 amide bonds. The van der Waals surface area contributed by atoms with Gasteiger partial charge in [0.15, 0.2) is 0 Å². The molecular weight excluding hydrogens is 308 g/mol. The standard InChI is InChI=1S/C18H26N2O2S/c1-14-4-5-15(18(21)20-8-11-23-12-9-20)13-17(14)19-7-6-16-3-2-10-22-16/h4-5,13,16,19H,2-3,6-12H2,1H3/t16-/m0/s1. The largest absolute Gasteiger partial charge is 0.385 e. The Hall–Kier alpha value is -1.20. The zero-order valence-corrected chi connectivity index (χ0v) is 14.7. The molecule has 0 unspecified atom stereocenters. The molecule has 3 rings (SSSR count). The monoisotopic (exact) mass is 334 g/mol. The van der Waals surface area contributed by atoms with Gasteiger partial charge in [0, 0.05) is 49.0 Å². The molecule has 0 saturated carbocycles. The van der Waals surface area contributed by atoms with Gasteiger partial charge in [-0.3, -0.25) is 4.79 Å². The second kappa shape index (κ2) is 8.06. The van der Waals surface area contributed by atoms with Crippen molar-refractivity contribution < 1.29 is 9.53 Å². The maximum absolute atomic E-state index is 12.6. The Balaban J connectivity index is 1.59. The van der Waals surface area contributed by atoms with Crippen LogP contribution in [0.25, 0.3) is 0 Å². The summed E-state index contributed by atoms with van der Waals surface area (Å²) in [5.41, 5.74) is 3.05. The minimum absolute atomic E-state index is 0.160. The van der Waals surface area contributed by atoms with Gasteiger partial charge in [-0.1, -0.05) is 6.07 Å². The Kier molecular flexibility index (Phi) is 5.84. The third-order valence-electron chi connectivity index (χ3n) is 4.59. The van der Waals surface area contributed by atoms with Gasteiger partial charge in [-0.2, -0.15) is 11.8 Å². The zero-order valence-electron chi connectivity index (χ0n) is 13.8. The molecule has 1 aromatic carbocycles. The van der Waals surface area contributed by atoms with Crippen molar-refractivity contribution in [2.45, 2.75) is 32.3 Å². The predicted molar refractivity (Wildman–Crippen MR) is 96.5 cm³/mol. The first-order valence-electron chi connectivity index (χ1n) is 8.57. The van der Waals surface area contributed by atoms with E-state index in [1.807, 2.05) is 34.9 Å². The summed E-state index contributed by atoms with van der Waals surface area (Å²) < 4.78 is 5.66. The maximum Gasteiger partial charge on any atom is 0.253 e. The Bertz CT molecular complexity index is 538. The SMILES string of the molecule is Cc1ccc(C(=O)N2CCSCC2)cc1NCC[C@@H]1CCCO1. The lowest BCUT2D eigenvalue weighted by Crippen LogP contribution is -2.37. The number of carbonyl (C=O) groups excluding carboxylic acids is 1. The Morgan fingerprint density at radius 2 is 2.22 bits per heavy atom. The van der Waals surface area contributed by atoms with Crippen LogP contribution in [0.1, 0.15) is 35.2 Å². The van der Waals surface area contributed by atoms with Crippen LogP contribution in [0.3, 0.4) is 0 Å². The third kappa shape index (κ3) is 4.42. The summed E-state index contributed by atoms with van der Waals surface area (Å²) in [4.78, 5) is 14.6. The third-order valence-corrected chi connectivity index (χ3v) is 5.53. The van der Waals surface area contributed by atoms with Crippen molar-refractivity contribution in [3.8, 4) is 0 Å². The van der Waals surface area contributed by atoms with Gasteiger partial charge in [-0.25, -0.2) is 0 Å². The highest BCUT2D eigenvalue weighted by molar-refractivity contribution is 7.99. The van der Waals surface area contributed by atoms with E-state index in [4.69, 9.17) is 4.74 Å². The van der Waals surface area contributed by atoms with Crippen LogP contribution in [0.5, 0.6) is 0 Å². The van der Waals surface area contributed by atoms with E-state index in [-0.39, 0.29) is 5.91 Å². The lowest BCUT2D eigenvalue weighted by Gasteiger charge is -2.26. The molecule has 1 N–H and O–H groups in total. The molecular formula is C18H26N2O2S. The molecule has 0 radical (unpaired) electrons. The number of amides is 1. The highest BCUT2D eigenvalue weighted by atomic mass is 32.2. The van der Waals surface area contributed by atoms with Crippen molar-refractivity contribution in [2.24, 2.45) is 0 Å². The summed E-state index contributed by atoms with van der Waals surface area (Å²) in [6.07, 6.45) is 3.79. The first kappa shape index (κ1) is 16.7. The molecule has 2 aliphatic rings. The van der Waals surface area contributed by atoms with E-state index < -0.39 is 0 Å². The molecule has 2 aliphatic heterocycles. The van der Waals surface area contributed by atoms with E-state index in [0.29, 0.717) is 6.10 Å². The first-order chi connectivity index (χ1) is 11.2. The number of benzene rings is 1. The van der Waals surface area contributed by atoms with E-state index in [1.54, 1.807) is 0 Å². The number of hydrogen-bond acceptors (Lipinski definition) is 4. The fourth-order valence-corrected chi connectivity index (χ4v) is 4.04. The first-order valence-corrected chi connectivity index (χ1v) is 9.72. The number of nitrogens with one attached hydrogen (secondary N) is 1. The van der Waals surface area contributed by atoms with Crippen molar-refractivity contribution in [3.63, 3.8) is 0 Å². The van der Waals surface area contributed by atoms with Crippen molar-refractivity contribution >= 4 is 23.4 Å². The van der Waals surface area contributed by atoms with Crippen LogP contribution in [-0.4, -0.2) is 54.7 Å². The number of carbonyl (C=O) groups is 1. The summed E-state index contributed by atoms with van der Waals surface area (Å²) in [7, 11) is 0. The summed E-state index contributed by atoms with van der Waals surface area (Å²) >= 11 is 1.92. The molecule has 2 heterocycles. The molecule has 0 aliphatic carbocycles. The molecule has 2 fully saturated rings. The van der Waals surface area contributed by atoms with Gasteiger partial charge >= 0.3 is 0 Å². The molecule has 0 spiro atoms. The normalized spacial score (nSPS) is 21.4. The number of ether oxygens (including phenoxy) is 1. The minimum atomic E-state index is 0.160. The molecule has 0 bridgehead atoms. The van der Waals surface area contributed by atoms with Crippen molar-refractivity contribution in [1.29, 1.82) is 0 Å². The molecule has 1 atom stereocenters. The highest BCUT2D eigenvalue weighted by Crippen LogP contribution is 2.21. The van der Waals surface area contributed by atoms with Gasteiger partial charge in [0.2, 0.25) is 0 Å². The van der Waals surface area contributed by atoms with Crippen LogP contribution in [-0.2, 0) is 4.74 Å². The fourth-order valence-electron chi connectivity index (χ4n) is 3.13. The smallest absolute Gasteiger partial charge is 0.253 e. The van der Waals surface area contributed by atoms with Crippen molar-refractivity contribution in [1.82, 2.24) is 4.90 Å². The second-order valence-corrected chi connectivity index (χ2v) is 7.51. The van der Waals surface area contributed by atoms with Gasteiger partial charge in [0.1, 0.15) is 0 Å². The molecule has 5 heteroatoms. The lowest BCUT2D eigenvalue weighted by molar-refractivity contribution is 0.0772. The maximum atomic E-state index is 12.6. The lowest BCUT2D eigenvalue weighted by atomic mass is 10.1. The average molecular weight is 334 g/mol. The summed E-state index contributed by atoms with van der Waals surface area (Å²) in [5, 5.41) is 3.48. The summed E-state index contributed by atoms with van der Waals surface area (Å²) in [6.45, 7) is 5.60. The van der Waals surface area contributed by atoms with Gasteiger partial charge in [0.05, 0.1) is 6.10 Å². The van der Waals surface area contributed by atoms with Gasteiger partial charge in [-0.15, -0.1) is 0 Å². The second-order valence-electron chi connectivity index (χ2n) is 6.28. The van der Waals surface area contributed by atoms with E-state index in [2.05, 4.69) is 12.2 Å². The zero-order chi connectivity index (χ0) is 16.1. The molecule has 2 saturated heterocycles. The van der Waals surface area contributed by atoms with Crippen LogP contribution in [0.4, 0.5) is 5.69 Å². The number of anilines is 1. The average Bonchev–Trinajstić information content (AvgIpc) is 3.10. The van der Waals surface area contributed by atoms with Gasteiger partial charge in [-0.05, 0) is 43.9 Å². The van der Waals surface area contributed by atoms with Crippen LogP contribution < -0.4 is 5.32 Å². The van der Waals surface area contributed by atoms with E-state index >= 15 is 0 Å². The Morgan fingerprint density at radius 1 is 1.39 bits per heavy atom. The fraction of sp³-hybridized carbons (Fsp3) is 0.611. The number of rotatable bonds is 5. The minimum Gasteiger partial charge on any atom is -0.385 e. The van der Waals surface area contributed by atoms with Crippen LogP contribution in [0, 0.1) is 6.92 Å². The number of thioether (sulfide) groups is 1. The van der Waals surface area contributed by atoms with Crippen molar-refractivity contribution in [2.75, 3.05) is 43.1 Å². The van der Waals surface area contributed by atoms with Crippen molar-refractivity contribution in [3.05, 3.63) is 29.3 Å². The van der Waals surface area contributed by atoms with Gasteiger partial charge in [0.25, 0.3) is 5.91 Å². The van der Waals surface area contributed by atoms with Crippen LogP contribution >= 0.6 is 11.8 Å². The predicted octanol–water partition coefficient (Wildman–Crippen LogP) is 3.17. The Morgan fingerprint density at radius 3 is 2.96 bits per heavy atom. The molecule has 0 aromatic heterocycles. The number of nitrogens with zero attached hydrogens (tertiary/aromatic N) is 1. The highest BCUT2D eigenvalue weighted by Gasteiger charge is 2.19. The van der Waals surface area contributed by atoms with E-state index in [9.17, 15) is 4.79 Å².